The van der Waals surface area contributed by atoms with Gasteiger partial charge in [0.15, 0.2) is 10.8 Å². The van der Waals surface area contributed by atoms with Gasteiger partial charge in [-0.05, 0) is 46.7 Å². The summed E-state index contributed by atoms with van der Waals surface area (Å²) in [6.07, 6.45) is 5.21. The lowest BCUT2D eigenvalue weighted by atomic mass is 9.77. The van der Waals surface area contributed by atoms with E-state index < -0.39 is 52.8 Å². The summed E-state index contributed by atoms with van der Waals surface area (Å²) in [6.45, 7) is 5.16. The second-order valence-electron chi connectivity index (χ2n) is 19.1. The average Bonchev–Trinajstić information content (AvgIpc) is 4.10. The number of hydrogen-bond donors (Lipinski definition) is 2. The molecular weight excluding hydrogens is 1060 g/mol. The zero-order valence-electron chi connectivity index (χ0n) is 44.7. The molecule has 2 aliphatic heterocycles. The van der Waals surface area contributed by atoms with Gasteiger partial charge in [0, 0.05) is 47.1 Å². The van der Waals surface area contributed by atoms with Crippen molar-refractivity contribution in [3.8, 4) is 0 Å². The number of fused-ring (bicyclic) bond motifs is 1. The van der Waals surface area contributed by atoms with Crippen LogP contribution in [-0.2, 0) is 44.6 Å². The summed E-state index contributed by atoms with van der Waals surface area (Å²) >= 11 is 2.63. The number of carbonyl (C=O) groups is 4. The standard InChI is InChI=1S/C65H58N6O8S2/c1-4-53(5-2)78-63(75)77-44(3)76-61(74)57-46(39-38-45-25-24-40-66-41-45)42-80-60-56(59(73)71(57)60)68-58(72)55(70-79-65(50-32-18-9-19-33-50,51-34-20-10-21-35-51)52-36-22-11-23-37-52)54-43-81-62(67-54)69-64(47-26-12-6-13-27-47,48-28-14-7-15-29-48)49-30-16-8-17-31-49/h6-41,43-44,53,56,60H,4-5,42H2,1-3H3,(H,67,69)(H,68,72)/b39-38-,70-55?/t44?,56-,60+/m1/s1. The highest BCUT2D eigenvalue weighted by Crippen LogP contribution is 2.44. The molecule has 14 nitrogen and oxygen atoms in total. The molecule has 1 fully saturated rings. The van der Waals surface area contributed by atoms with Gasteiger partial charge in [-0.25, -0.2) is 14.6 Å². The van der Waals surface area contributed by atoms with Crippen molar-refractivity contribution in [2.75, 3.05) is 11.1 Å². The van der Waals surface area contributed by atoms with Crippen LogP contribution in [0.3, 0.4) is 0 Å². The van der Waals surface area contributed by atoms with Crippen LogP contribution in [0.15, 0.2) is 234 Å². The number of allylic oxidation sites excluding steroid dienone is 1. The molecule has 0 aliphatic carbocycles. The van der Waals surface area contributed by atoms with E-state index in [4.69, 9.17) is 29.2 Å². The van der Waals surface area contributed by atoms with Crippen LogP contribution >= 0.6 is 23.1 Å². The van der Waals surface area contributed by atoms with E-state index in [1.165, 1.54) is 34.9 Å². The summed E-state index contributed by atoms with van der Waals surface area (Å²) in [4.78, 5) is 74.8. The van der Waals surface area contributed by atoms with E-state index in [1.54, 1.807) is 36.0 Å². The zero-order valence-corrected chi connectivity index (χ0v) is 46.3. The summed E-state index contributed by atoms with van der Waals surface area (Å²) in [7, 11) is 0. The summed E-state index contributed by atoms with van der Waals surface area (Å²) < 4.78 is 16.4. The van der Waals surface area contributed by atoms with Crippen molar-refractivity contribution in [1.29, 1.82) is 0 Å². The highest BCUT2D eigenvalue weighted by Gasteiger charge is 2.55. The van der Waals surface area contributed by atoms with Gasteiger partial charge in [0.1, 0.15) is 34.4 Å². The smallest absolute Gasteiger partial charge is 0.431 e. The molecule has 1 unspecified atom stereocenters. The number of amides is 2. The van der Waals surface area contributed by atoms with Gasteiger partial charge in [-0.15, -0.1) is 23.1 Å². The largest absolute Gasteiger partial charge is 0.511 e. The Bertz CT molecular complexity index is 3340. The Balaban J connectivity index is 1.03. The molecule has 408 valence electrons. The number of esters is 1. The summed E-state index contributed by atoms with van der Waals surface area (Å²) in [5.41, 5.74) is 3.76. The molecular formula is C65H58N6O8S2. The molecule has 10 rings (SSSR count). The first kappa shape index (κ1) is 55.2. The molecule has 1 saturated heterocycles. The van der Waals surface area contributed by atoms with Crippen molar-refractivity contribution in [2.45, 2.75) is 68.6 Å². The normalized spacial score (nSPS) is 15.8. The molecule has 2 aliphatic rings. The van der Waals surface area contributed by atoms with Crippen LogP contribution in [0, 0.1) is 0 Å². The number of thiazole rings is 1. The number of hydrogen-bond acceptors (Lipinski definition) is 14. The molecule has 0 bridgehead atoms. The Labute approximate surface area is 478 Å². The number of aromatic nitrogens is 2. The lowest BCUT2D eigenvalue weighted by molar-refractivity contribution is -0.169. The van der Waals surface area contributed by atoms with Gasteiger partial charge in [-0.3, -0.25) is 19.5 Å². The zero-order chi connectivity index (χ0) is 56.2. The molecule has 16 heteroatoms. The minimum atomic E-state index is -1.40. The fourth-order valence-corrected chi connectivity index (χ4v) is 12.1. The topological polar surface area (TPSA) is 171 Å². The number of ether oxygens (including phenoxy) is 3. The number of rotatable bonds is 21. The van der Waals surface area contributed by atoms with Gasteiger partial charge < -0.3 is 29.7 Å². The predicted octanol–water partition coefficient (Wildman–Crippen LogP) is 12.3. The van der Waals surface area contributed by atoms with Gasteiger partial charge >= 0.3 is 12.1 Å². The third-order valence-corrected chi connectivity index (χ3v) is 16.1. The van der Waals surface area contributed by atoms with Crippen molar-refractivity contribution in [1.82, 2.24) is 20.2 Å². The Morgan fingerprint density at radius 2 is 1.21 bits per heavy atom. The minimum absolute atomic E-state index is 0.0669. The first-order valence-corrected chi connectivity index (χ1v) is 28.5. The van der Waals surface area contributed by atoms with Crippen molar-refractivity contribution in [2.24, 2.45) is 5.16 Å². The molecule has 6 aromatic carbocycles. The van der Waals surface area contributed by atoms with Gasteiger partial charge in [-0.1, -0.05) is 219 Å². The first-order valence-electron chi connectivity index (χ1n) is 26.6. The lowest BCUT2D eigenvalue weighted by Gasteiger charge is -2.49. The first-order chi connectivity index (χ1) is 39.6. The van der Waals surface area contributed by atoms with Crippen LogP contribution in [0.1, 0.15) is 78.3 Å². The SMILES string of the molecule is CCC(CC)OC(=O)OC(C)OC(=O)C1=C(/C=C\c2cccnc2)CS[C@H]2[C@H](NC(=O)C(=NOC(c3ccccc3)(c3ccccc3)c3ccccc3)c3csc(NC(c4ccccc4)(c4ccccc4)c4ccccc4)n3)C(=O)N12. The molecule has 0 saturated carbocycles. The molecule has 2 aromatic heterocycles. The Kier molecular flexibility index (Phi) is 17.3. The Morgan fingerprint density at radius 3 is 1.70 bits per heavy atom. The number of anilines is 1. The number of thioether (sulfide) groups is 1. The van der Waals surface area contributed by atoms with E-state index in [-0.39, 0.29) is 29.0 Å². The summed E-state index contributed by atoms with van der Waals surface area (Å²) in [5.74, 6) is -2.03. The van der Waals surface area contributed by atoms with Crippen LogP contribution in [-0.4, -0.2) is 74.1 Å². The molecule has 2 N–H and O–H groups in total. The summed E-state index contributed by atoms with van der Waals surface area (Å²) in [5, 5.41) is 13.1. The maximum absolute atomic E-state index is 15.4. The van der Waals surface area contributed by atoms with E-state index in [0.717, 1.165) is 38.9 Å². The van der Waals surface area contributed by atoms with E-state index in [2.05, 4.69) is 52.0 Å². The molecule has 3 atom stereocenters. The van der Waals surface area contributed by atoms with Crippen LogP contribution in [0.4, 0.5) is 9.93 Å². The van der Waals surface area contributed by atoms with Crippen molar-refractivity contribution in [3.63, 3.8) is 0 Å². The number of carbonyl (C=O) groups excluding carboxylic acids is 4. The number of benzene rings is 6. The molecule has 0 spiro atoms. The number of nitrogens with one attached hydrogen (secondary N) is 2. The molecule has 4 heterocycles. The van der Waals surface area contributed by atoms with Crippen LogP contribution in [0.25, 0.3) is 6.08 Å². The highest BCUT2D eigenvalue weighted by molar-refractivity contribution is 8.00. The molecule has 0 radical (unpaired) electrons. The second kappa shape index (κ2) is 25.3. The van der Waals surface area contributed by atoms with Crippen LogP contribution < -0.4 is 10.6 Å². The quantitative estimate of drug-likeness (QED) is 0.0175. The Morgan fingerprint density at radius 1 is 0.691 bits per heavy atom. The number of nitrogens with zero attached hydrogens (tertiary/aromatic N) is 4. The third-order valence-electron chi connectivity index (χ3n) is 14.0. The number of pyridine rings is 1. The minimum Gasteiger partial charge on any atom is -0.431 e. The van der Waals surface area contributed by atoms with E-state index in [1.807, 2.05) is 166 Å². The lowest BCUT2D eigenvalue weighted by Crippen LogP contribution is -2.71. The number of oxime groups is 1. The van der Waals surface area contributed by atoms with Crippen LogP contribution in [0.2, 0.25) is 0 Å². The molecule has 81 heavy (non-hydrogen) atoms. The maximum Gasteiger partial charge on any atom is 0.511 e. The maximum atomic E-state index is 15.4. The average molecular weight is 1120 g/mol. The Hall–Kier alpha value is -9.12. The number of β-lactam (4-membered cyclic amide) rings is 1. The van der Waals surface area contributed by atoms with Gasteiger partial charge in [0.25, 0.3) is 11.8 Å². The van der Waals surface area contributed by atoms with Crippen LogP contribution in [0.5, 0.6) is 0 Å². The predicted molar refractivity (Wildman–Crippen MR) is 315 cm³/mol. The summed E-state index contributed by atoms with van der Waals surface area (Å²) in [6, 6.07) is 61.7. The van der Waals surface area contributed by atoms with Crippen molar-refractivity contribution >= 4 is 64.0 Å². The van der Waals surface area contributed by atoms with Crippen molar-refractivity contribution in [3.05, 3.63) is 274 Å². The second-order valence-corrected chi connectivity index (χ2v) is 21.0. The highest BCUT2D eigenvalue weighted by atomic mass is 32.2. The van der Waals surface area contributed by atoms with Gasteiger partial charge in [-0.2, -0.15) is 0 Å². The van der Waals surface area contributed by atoms with E-state index >= 15 is 4.79 Å². The fourth-order valence-electron chi connectivity index (χ4n) is 10.0. The monoisotopic (exact) mass is 1110 g/mol. The van der Waals surface area contributed by atoms with Gasteiger partial charge in [0.2, 0.25) is 11.9 Å². The third kappa shape index (κ3) is 11.8. The van der Waals surface area contributed by atoms with E-state index in [0.29, 0.717) is 23.5 Å². The van der Waals surface area contributed by atoms with Gasteiger partial charge in [0.05, 0.1) is 0 Å². The molecule has 2 amide bonds. The van der Waals surface area contributed by atoms with E-state index in [9.17, 15) is 14.4 Å². The van der Waals surface area contributed by atoms with Crippen molar-refractivity contribution < 1.29 is 38.2 Å². The fraction of sp³-hybridized carbons (Fsp3) is 0.185. The molecule has 8 aromatic rings.